The molecule has 0 amide bonds. The molecule has 0 aliphatic rings. The maximum Gasteiger partial charge on any atom is 0.418 e. The first-order valence-electron chi connectivity index (χ1n) is 3.95. The van der Waals surface area contributed by atoms with Crippen LogP contribution in [0.3, 0.4) is 0 Å². The van der Waals surface area contributed by atoms with Gasteiger partial charge in [0.25, 0.3) is 0 Å². The van der Waals surface area contributed by atoms with Crippen LogP contribution in [-0.4, -0.2) is 14.4 Å². The van der Waals surface area contributed by atoms with Gasteiger partial charge in [0, 0.05) is 0 Å². The zero-order valence-corrected chi connectivity index (χ0v) is 8.47. The van der Waals surface area contributed by atoms with E-state index in [1.807, 2.05) is 0 Å². The van der Waals surface area contributed by atoms with E-state index >= 15 is 0 Å². The Morgan fingerprint density at radius 2 is 1.38 bits per heavy atom. The van der Waals surface area contributed by atoms with Crippen molar-refractivity contribution in [2.75, 3.05) is 0 Å². The van der Waals surface area contributed by atoms with Gasteiger partial charge in [-0.25, -0.2) is 0 Å². The lowest BCUT2D eigenvalue weighted by Gasteiger charge is -2.01. The van der Waals surface area contributed by atoms with Crippen molar-refractivity contribution in [2.45, 2.75) is 0 Å². The van der Waals surface area contributed by atoms with Crippen LogP contribution < -0.4 is 8.37 Å². The second-order valence-corrected chi connectivity index (χ2v) is 3.35. The summed E-state index contributed by atoms with van der Waals surface area (Å²) >= 11 is -2.24. The molecule has 16 heavy (non-hydrogen) atoms. The Morgan fingerprint density at radius 1 is 0.938 bits per heavy atom. The van der Waals surface area contributed by atoms with E-state index in [1.165, 1.54) is 0 Å². The Morgan fingerprint density at radius 3 is 1.69 bits per heavy atom. The van der Waals surface area contributed by atoms with Crippen molar-refractivity contribution in [3.05, 3.63) is 25.1 Å². The van der Waals surface area contributed by atoms with Crippen LogP contribution in [0.4, 0.5) is 0 Å². The minimum absolute atomic E-state index is 0.138. The fraction of sp³-hybridized carbons (Fsp3) is 0. The predicted octanol–water partition coefficient (Wildman–Crippen LogP) is 1.32. The van der Waals surface area contributed by atoms with Crippen molar-refractivity contribution in [3.63, 3.8) is 0 Å². The summed E-state index contributed by atoms with van der Waals surface area (Å²) in [4.78, 5) is 0. The fourth-order valence-electron chi connectivity index (χ4n) is 0.846. The first kappa shape index (κ1) is 10.4. The highest BCUT2D eigenvalue weighted by molar-refractivity contribution is 7.76. The second kappa shape index (κ2) is 4.19. The maximum atomic E-state index is 11.2. The van der Waals surface area contributed by atoms with Crippen LogP contribution in [0.5, 0.6) is 23.0 Å². The van der Waals surface area contributed by atoms with E-state index in [2.05, 4.69) is 17.2 Å². The van der Waals surface area contributed by atoms with Crippen LogP contribution in [-0.2, 0) is 11.4 Å². The van der Waals surface area contributed by atoms with Gasteiger partial charge in [-0.1, -0.05) is 0 Å². The molecule has 0 saturated heterocycles. The molecule has 0 bridgehead atoms. The average Bonchev–Trinajstić information content (AvgIpc) is 2.79. The molecule has 0 radical (unpaired) electrons. The minimum Gasteiger partial charge on any atom is -0.502 e. The van der Waals surface area contributed by atoms with E-state index in [4.69, 9.17) is 10.2 Å². The number of hydrogen-bond donors (Lipinski definition) is 2. The third-order valence-electron chi connectivity index (χ3n) is 1.53. The van der Waals surface area contributed by atoms with Crippen LogP contribution in [0.15, 0.2) is 33.9 Å². The quantitative estimate of drug-likeness (QED) is 0.838. The van der Waals surface area contributed by atoms with Crippen LogP contribution in [0, 0.1) is 0 Å². The predicted molar refractivity (Wildman–Crippen MR) is 50.1 cm³/mol. The molecule has 0 saturated carbocycles. The summed E-state index contributed by atoms with van der Waals surface area (Å²) in [7, 11) is 0. The van der Waals surface area contributed by atoms with Crippen molar-refractivity contribution >= 4 is 11.4 Å². The second-order valence-electron chi connectivity index (χ2n) is 2.61. The first-order valence-corrected chi connectivity index (χ1v) is 4.95. The molecule has 8 heteroatoms. The van der Waals surface area contributed by atoms with Gasteiger partial charge in [0.2, 0.25) is 11.5 Å². The highest BCUT2D eigenvalue weighted by Gasteiger charge is 2.14. The third kappa shape index (κ3) is 2.11. The van der Waals surface area contributed by atoms with E-state index in [1.54, 1.807) is 0 Å². The van der Waals surface area contributed by atoms with E-state index in [9.17, 15) is 4.21 Å². The largest absolute Gasteiger partial charge is 0.502 e. The van der Waals surface area contributed by atoms with Crippen LogP contribution in [0.1, 0.15) is 0 Å². The molecule has 0 fully saturated rings. The Labute approximate surface area is 91.7 Å². The molecule has 0 unspecified atom stereocenters. The van der Waals surface area contributed by atoms with Crippen LogP contribution in [0.25, 0.3) is 0 Å². The number of aromatic hydroxyl groups is 2. The first-order chi connectivity index (χ1) is 7.66. The lowest BCUT2D eigenvalue weighted by Crippen LogP contribution is -2.07. The molecule has 2 N–H and O–H groups in total. The zero-order valence-electron chi connectivity index (χ0n) is 7.65. The topological polar surface area (TPSA) is 102 Å². The molecule has 0 aliphatic carbocycles. The van der Waals surface area contributed by atoms with Crippen molar-refractivity contribution < 1.29 is 31.6 Å². The van der Waals surface area contributed by atoms with E-state index in [0.29, 0.717) is 0 Å². The Hall–Kier alpha value is -2.09. The highest BCUT2D eigenvalue weighted by atomic mass is 32.2. The molecule has 0 aromatic carbocycles. The van der Waals surface area contributed by atoms with Gasteiger partial charge in [-0.15, -0.1) is 0 Å². The molecular weight excluding hydrogens is 240 g/mol. The lowest BCUT2D eigenvalue weighted by molar-refractivity contribution is 0.408. The number of furan rings is 2. The molecule has 2 rings (SSSR count). The van der Waals surface area contributed by atoms with Gasteiger partial charge in [-0.05, 0) is 0 Å². The van der Waals surface area contributed by atoms with Crippen molar-refractivity contribution in [1.29, 1.82) is 0 Å². The smallest absolute Gasteiger partial charge is 0.418 e. The van der Waals surface area contributed by atoms with Gasteiger partial charge in [0.15, 0.2) is 11.5 Å². The van der Waals surface area contributed by atoms with E-state index in [-0.39, 0.29) is 23.0 Å². The molecule has 0 atom stereocenters. The SMILES string of the molecule is O=S(Oc1cocc1O)Oc1cocc1O. The summed E-state index contributed by atoms with van der Waals surface area (Å²) in [5.74, 6) is -0.899. The standard InChI is InChI=1S/C8H6O7S/c9-5-1-12-3-7(5)14-16(11)15-8-4-13-2-6(8)10/h1-4,9-10H. The fourth-order valence-corrected chi connectivity index (χ4v) is 1.42. The average molecular weight is 246 g/mol. The number of rotatable bonds is 4. The summed E-state index contributed by atoms with van der Waals surface area (Å²) in [6, 6.07) is 0. The van der Waals surface area contributed by atoms with E-state index < -0.39 is 11.4 Å². The highest BCUT2D eigenvalue weighted by Crippen LogP contribution is 2.30. The Kier molecular flexibility index (Phi) is 2.73. The lowest BCUT2D eigenvalue weighted by atomic mass is 10.6. The molecule has 7 nitrogen and oxygen atoms in total. The van der Waals surface area contributed by atoms with Crippen LogP contribution >= 0.6 is 0 Å². The van der Waals surface area contributed by atoms with Gasteiger partial charge in [0.1, 0.15) is 25.1 Å². The molecule has 0 spiro atoms. The summed E-state index contributed by atoms with van der Waals surface area (Å²) in [5.41, 5.74) is 0. The van der Waals surface area contributed by atoms with Gasteiger partial charge < -0.3 is 27.4 Å². The molecule has 86 valence electrons. The third-order valence-corrected chi connectivity index (χ3v) is 2.16. The maximum absolute atomic E-state index is 11.2. The van der Waals surface area contributed by atoms with Gasteiger partial charge >= 0.3 is 11.4 Å². The van der Waals surface area contributed by atoms with Crippen LogP contribution in [0.2, 0.25) is 0 Å². The monoisotopic (exact) mass is 246 g/mol. The summed E-state index contributed by atoms with van der Waals surface area (Å²) < 4.78 is 29.7. The molecule has 2 aromatic rings. The van der Waals surface area contributed by atoms with Crippen molar-refractivity contribution in [1.82, 2.24) is 0 Å². The summed E-state index contributed by atoms with van der Waals surface area (Å²) in [6.45, 7) is 0. The molecular formula is C8H6O7S. The summed E-state index contributed by atoms with van der Waals surface area (Å²) in [6.07, 6.45) is 4.10. The van der Waals surface area contributed by atoms with Gasteiger partial charge in [0.05, 0.1) is 0 Å². The van der Waals surface area contributed by atoms with Crippen molar-refractivity contribution in [2.24, 2.45) is 0 Å². The molecule has 2 heterocycles. The summed E-state index contributed by atoms with van der Waals surface area (Å²) in [5, 5.41) is 18.2. The Balaban J connectivity index is 2.00. The zero-order chi connectivity index (χ0) is 11.5. The molecule has 2 aromatic heterocycles. The Bertz CT molecular complexity index is 456. The normalized spacial score (nSPS) is 10.6. The van der Waals surface area contributed by atoms with Gasteiger partial charge in [-0.2, -0.15) is 4.21 Å². The molecule has 0 aliphatic heterocycles. The minimum atomic E-state index is -2.24. The van der Waals surface area contributed by atoms with E-state index in [0.717, 1.165) is 25.1 Å². The van der Waals surface area contributed by atoms with Crippen molar-refractivity contribution in [3.8, 4) is 23.0 Å². The number of hydrogen-bond acceptors (Lipinski definition) is 7. The van der Waals surface area contributed by atoms with Gasteiger partial charge in [-0.3, -0.25) is 0 Å².